The highest BCUT2D eigenvalue weighted by atomic mass is 35.5. The molecule has 19 heavy (non-hydrogen) atoms. The van der Waals surface area contributed by atoms with Gasteiger partial charge < -0.3 is 11.1 Å². The zero-order chi connectivity index (χ0) is 14.0. The van der Waals surface area contributed by atoms with E-state index in [2.05, 4.69) is 10.4 Å². The number of aryl methyl sites for hydroxylation is 2. The smallest absolute Gasteiger partial charge is 0.246 e. The lowest BCUT2D eigenvalue weighted by atomic mass is 10.2. The average molecular weight is 279 g/mol. The van der Waals surface area contributed by atoms with Crippen LogP contribution in [0, 0.1) is 13.8 Å². The molecule has 1 heterocycles. The molecule has 2 rings (SSSR count). The van der Waals surface area contributed by atoms with E-state index in [4.69, 9.17) is 17.3 Å². The van der Waals surface area contributed by atoms with E-state index in [0.29, 0.717) is 16.4 Å². The quantitative estimate of drug-likeness (QED) is 0.847. The summed E-state index contributed by atoms with van der Waals surface area (Å²) in [5.41, 5.74) is 8.59. The summed E-state index contributed by atoms with van der Waals surface area (Å²) in [6.45, 7) is 3.95. The van der Waals surface area contributed by atoms with Gasteiger partial charge in [0.25, 0.3) is 0 Å². The van der Waals surface area contributed by atoms with Gasteiger partial charge in [0.15, 0.2) is 0 Å². The Morgan fingerprint density at radius 2 is 2.16 bits per heavy atom. The Morgan fingerprint density at radius 3 is 2.74 bits per heavy atom. The second kappa shape index (κ2) is 5.32. The number of rotatable bonds is 3. The first-order valence-electron chi connectivity index (χ1n) is 5.81. The van der Waals surface area contributed by atoms with E-state index in [1.54, 1.807) is 22.9 Å². The molecule has 0 bridgehead atoms. The van der Waals surface area contributed by atoms with E-state index in [9.17, 15) is 4.79 Å². The molecule has 0 fully saturated rings. The van der Waals surface area contributed by atoms with E-state index < -0.39 is 0 Å². The number of nitrogens with zero attached hydrogens (tertiary/aromatic N) is 2. The minimum Gasteiger partial charge on any atom is -0.397 e. The minimum atomic E-state index is -0.180. The van der Waals surface area contributed by atoms with Crippen LogP contribution in [0.15, 0.2) is 24.3 Å². The standard InChI is InChI=1S/C13H15ClN4O/c1-8-5-9(2)18(17-8)7-13(19)16-12-4-3-10(14)6-11(12)15/h3-6H,7,15H2,1-2H3,(H,16,19). The molecule has 0 aliphatic carbocycles. The molecule has 100 valence electrons. The third-order valence-electron chi connectivity index (χ3n) is 2.68. The van der Waals surface area contributed by atoms with E-state index in [-0.39, 0.29) is 12.5 Å². The predicted octanol–water partition coefficient (Wildman–Crippen LogP) is 2.37. The average Bonchev–Trinajstić information content (AvgIpc) is 2.61. The highest BCUT2D eigenvalue weighted by Gasteiger charge is 2.09. The molecule has 0 aliphatic rings. The van der Waals surface area contributed by atoms with Crippen LogP contribution in [0.2, 0.25) is 5.02 Å². The van der Waals surface area contributed by atoms with Crippen molar-refractivity contribution in [1.82, 2.24) is 9.78 Å². The van der Waals surface area contributed by atoms with Gasteiger partial charge in [-0.05, 0) is 38.1 Å². The van der Waals surface area contributed by atoms with Crippen LogP contribution in [0.3, 0.4) is 0 Å². The maximum absolute atomic E-state index is 11.9. The van der Waals surface area contributed by atoms with Crippen molar-refractivity contribution >= 4 is 28.9 Å². The van der Waals surface area contributed by atoms with E-state index >= 15 is 0 Å². The van der Waals surface area contributed by atoms with Crippen LogP contribution >= 0.6 is 11.6 Å². The van der Waals surface area contributed by atoms with Crippen molar-refractivity contribution in [1.29, 1.82) is 0 Å². The van der Waals surface area contributed by atoms with Crippen LogP contribution in [-0.2, 0) is 11.3 Å². The molecule has 5 nitrogen and oxygen atoms in total. The molecule has 2 aromatic rings. The van der Waals surface area contributed by atoms with Gasteiger partial charge in [-0.25, -0.2) is 0 Å². The Labute approximate surface area is 116 Å². The molecule has 0 atom stereocenters. The van der Waals surface area contributed by atoms with Crippen LogP contribution in [0.25, 0.3) is 0 Å². The summed E-state index contributed by atoms with van der Waals surface area (Å²) in [4.78, 5) is 11.9. The number of aromatic nitrogens is 2. The van der Waals surface area contributed by atoms with Crippen LogP contribution in [0.4, 0.5) is 11.4 Å². The van der Waals surface area contributed by atoms with Gasteiger partial charge in [0, 0.05) is 10.7 Å². The van der Waals surface area contributed by atoms with Gasteiger partial charge in [0.05, 0.1) is 17.1 Å². The number of hydrogen-bond acceptors (Lipinski definition) is 3. The summed E-state index contributed by atoms with van der Waals surface area (Å²) in [5, 5.41) is 7.51. The molecular formula is C13H15ClN4O. The fourth-order valence-corrected chi connectivity index (χ4v) is 1.99. The van der Waals surface area contributed by atoms with Crippen LogP contribution < -0.4 is 11.1 Å². The third-order valence-corrected chi connectivity index (χ3v) is 2.92. The second-order valence-electron chi connectivity index (χ2n) is 4.36. The first-order chi connectivity index (χ1) is 8.95. The Balaban J connectivity index is 2.07. The largest absolute Gasteiger partial charge is 0.397 e. The lowest BCUT2D eigenvalue weighted by molar-refractivity contribution is -0.116. The number of nitrogen functional groups attached to an aromatic ring is 1. The van der Waals surface area contributed by atoms with Crippen molar-refractivity contribution in [2.45, 2.75) is 20.4 Å². The first kappa shape index (κ1) is 13.4. The lowest BCUT2D eigenvalue weighted by Gasteiger charge is -2.09. The van der Waals surface area contributed by atoms with Crippen LogP contribution in [0.1, 0.15) is 11.4 Å². The molecule has 6 heteroatoms. The van der Waals surface area contributed by atoms with Gasteiger partial charge in [-0.1, -0.05) is 11.6 Å². The van der Waals surface area contributed by atoms with E-state index in [1.807, 2.05) is 19.9 Å². The van der Waals surface area contributed by atoms with Crippen molar-refractivity contribution < 1.29 is 4.79 Å². The van der Waals surface area contributed by atoms with Crippen molar-refractivity contribution in [2.75, 3.05) is 11.1 Å². The van der Waals surface area contributed by atoms with Crippen molar-refractivity contribution in [2.24, 2.45) is 0 Å². The van der Waals surface area contributed by atoms with Gasteiger partial charge in [-0.2, -0.15) is 5.10 Å². The van der Waals surface area contributed by atoms with Gasteiger partial charge in [0.2, 0.25) is 5.91 Å². The molecule has 0 radical (unpaired) electrons. The maximum Gasteiger partial charge on any atom is 0.246 e. The van der Waals surface area contributed by atoms with Gasteiger partial charge in [0.1, 0.15) is 6.54 Å². The molecule has 1 aromatic carbocycles. The summed E-state index contributed by atoms with van der Waals surface area (Å²) in [6.07, 6.45) is 0. The first-order valence-corrected chi connectivity index (χ1v) is 6.19. The highest BCUT2D eigenvalue weighted by molar-refractivity contribution is 6.31. The fraction of sp³-hybridized carbons (Fsp3) is 0.231. The number of carbonyl (C=O) groups excluding carboxylic acids is 1. The Kier molecular flexibility index (Phi) is 3.76. The normalized spacial score (nSPS) is 10.5. The van der Waals surface area contributed by atoms with Crippen LogP contribution in [0.5, 0.6) is 0 Å². The van der Waals surface area contributed by atoms with Crippen molar-refractivity contribution in [3.05, 3.63) is 40.7 Å². The number of halogens is 1. The number of nitrogens with one attached hydrogen (secondary N) is 1. The molecule has 0 saturated carbocycles. The molecule has 1 amide bonds. The Morgan fingerprint density at radius 1 is 1.42 bits per heavy atom. The van der Waals surface area contributed by atoms with E-state index in [1.165, 1.54) is 0 Å². The molecule has 0 aliphatic heterocycles. The van der Waals surface area contributed by atoms with Gasteiger partial charge >= 0.3 is 0 Å². The molecule has 3 N–H and O–H groups in total. The van der Waals surface area contributed by atoms with Gasteiger partial charge in [-0.15, -0.1) is 0 Å². The number of nitrogens with two attached hydrogens (primary N) is 1. The number of anilines is 2. The Bertz CT molecular complexity index is 621. The minimum absolute atomic E-state index is 0.155. The molecule has 0 saturated heterocycles. The second-order valence-corrected chi connectivity index (χ2v) is 4.80. The summed E-state index contributed by atoms with van der Waals surface area (Å²) in [6, 6.07) is 6.87. The summed E-state index contributed by atoms with van der Waals surface area (Å²) in [7, 11) is 0. The zero-order valence-electron chi connectivity index (χ0n) is 10.8. The maximum atomic E-state index is 11.9. The SMILES string of the molecule is Cc1cc(C)n(CC(=O)Nc2ccc(Cl)cc2N)n1. The fourth-order valence-electron chi connectivity index (χ4n) is 1.81. The molecular weight excluding hydrogens is 264 g/mol. The predicted molar refractivity (Wildman–Crippen MR) is 76.2 cm³/mol. The summed E-state index contributed by atoms with van der Waals surface area (Å²) in [5.74, 6) is -0.180. The number of carbonyl (C=O) groups is 1. The highest BCUT2D eigenvalue weighted by Crippen LogP contribution is 2.22. The topological polar surface area (TPSA) is 72.9 Å². The number of hydrogen-bond donors (Lipinski definition) is 2. The molecule has 0 spiro atoms. The zero-order valence-corrected chi connectivity index (χ0v) is 11.5. The van der Waals surface area contributed by atoms with Crippen molar-refractivity contribution in [3.8, 4) is 0 Å². The molecule has 0 unspecified atom stereocenters. The summed E-state index contributed by atoms with van der Waals surface area (Å²) < 4.78 is 1.65. The summed E-state index contributed by atoms with van der Waals surface area (Å²) >= 11 is 5.80. The molecule has 1 aromatic heterocycles. The van der Waals surface area contributed by atoms with Gasteiger partial charge in [-0.3, -0.25) is 9.48 Å². The van der Waals surface area contributed by atoms with E-state index in [0.717, 1.165) is 11.4 Å². The lowest BCUT2D eigenvalue weighted by Crippen LogP contribution is -2.20. The monoisotopic (exact) mass is 278 g/mol. The third kappa shape index (κ3) is 3.26. The number of benzene rings is 1. The Hall–Kier alpha value is -2.01. The van der Waals surface area contributed by atoms with Crippen molar-refractivity contribution in [3.63, 3.8) is 0 Å². The number of amides is 1. The van der Waals surface area contributed by atoms with Crippen LogP contribution in [-0.4, -0.2) is 15.7 Å².